The van der Waals surface area contributed by atoms with Crippen LogP contribution in [0.3, 0.4) is 0 Å². The smallest absolute Gasteiger partial charge is 0.246 e. The molecule has 1 aliphatic heterocycles. The molecule has 3 heteroatoms. The third-order valence-corrected chi connectivity index (χ3v) is 3.02. The van der Waals surface area contributed by atoms with E-state index in [-0.39, 0.29) is 5.91 Å². The molecule has 3 nitrogen and oxygen atoms in total. The summed E-state index contributed by atoms with van der Waals surface area (Å²) in [4.78, 5) is 13.6. The molecule has 1 amide bonds. The zero-order valence-corrected chi connectivity index (χ0v) is 9.42. The van der Waals surface area contributed by atoms with Gasteiger partial charge in [-0.25, -0.2) is 0 Å². The lowest BCUT2D eigenvalue weighted by Gasteiger charge is -2.31. The lowest BCUT2D eigenvalue weighted by Crippen LogP contribution is -2.40. The van der Waals surface area contributed by atoms with E-state index in [1.165, 1.54) is 11.1 Å². The summed E-state index contributed by atoms with van der Waals surface area (Å²) in [6.45, 7) is 7.29. The molecule has 1 aromatic rings. The van der Waals surface area contributed by atoms with Crippen molar-refractivity contribution < 1.29 is 4.79 Å². The molecule has 0 fully saturated rings. The van der Waals surface area contributed by atoms with Crippen LogP contribution in [0.2, 0.25) is 0 Å². The highest BCUT2D eigenvalue weighted by Gasteiger charge is 2.24. The molecule has 0 saturated heterocycles. The van der Waals surface area contributed by atoms with Crippen molar-refractivity contribution in [1.82, 2.24) is 0 Å². The van der Waals surface area contributed by atoms with Crippen LogP contribution in [-0.4, -0.2) is 19.0 Å². The predicted molar refractivity (Wildman–Crippen MR) is 62.4 cm³/mol. The molecule has 1 N–H and O–H groups in total. The van der Waals surface area contributed by atoms with Crippen LogP contribution in [0.15, 0.2) is 12.1 Å². The molecule has 0 bridgehead atoms. The molecule has 0 spiro atoms. The Balaban J connectivity index is 2.60. The van der Waals surface area contributed by atoms with Crippen molar-refractivity contribution in [1.29, 1.82) is 0 Å². The second-order valence-corrected chi connectivity index (χ2v) is 3.90. The summed E-state index contributed by atoms with van der Waals surface area (Å²) in [5.74, 6) is 0.152. The lowest BCUT2D eigenvalue weighted by atomic mass is 10.0. The Labute approximate surface area is 90.1 Å². The molecule has 1 aliphatic rings. The van der Waals surface area contributed by atoms with E-state index < -0.39 is 0 Å². The molecule has 15 heavy (non-hydrogen) atoms. The van der Waals surface area contributed by atoms with Gasteiger partial charge in [-0.15, -0.1) is 0 Å². The number of nitrogens with zero attached hydrogens (tertiary/aromatic N) is 1. The standard InChI is InChI=1S/C12H16N2O/c1-4-14-11(15)7-13-10-6-5-8(2)9(3)12(10)14/h5-6,13H,4,7H2,1-3H3. The zero-order valence-electron chi connectivity index (χ0n) is 9.42. The van der Waals surface area contributed by atoms with Crippen LogP contribution in [0.5, 0.6) is 0 Å². The summed E-state index contributed by atoms with van der Waals surface area (Å²) in [6.07, 6.45) is 0. The van der Waals surface area contributed by atoms with Gasteiger partial charge in [0.2, 0.25) is 5.91 Å². The minimum absolute atomic E-state index is 0.152. The van der Waals surface area contributed by atoms with Crippen molar-refractivity contribution >= 4 is 17.3 Å². The fraction of sp³-hybridized carbons (Fsp3) is 0.417. The molecule has 1 aromatic carbocycles. The summed E-state index contributed by atoms with van der Waals surface area (Å²) in [5, 5.41) is 3.15. The maximum Gasteiger partial charge on any atom is 0.246 e. The number of aryl methyl sites for hydroxylation is 1. The Morgan fingerprint density at radius 1 is 1.40 bits per heavy atom. The molecule has 2 rings (SSSR count). The fourth-order valence-electron chi connectivity index (χ4n) is 2.02. The first-order chi connectivity index (χ1) is 7.15. The number of rotatable bonds is 1. The van der Waals surface area contributed by atoms with Crippen LogP contribution in [0, 0.1) is 13.8 Å². The first kappa shape index (κ1) is 10.0. The van der Waals surface area contributed by atoms with Gasteiger partial charge in [0.1, 0.15) is 0 Å². The van der Waals surface area contributed by atoms with Crippen LogP contribution in [-0.2, 0) is 4.79 Å². The van der Waals surface area contributed by atoms with Crippen LogP contribution < -0.4 is 10.2 Å². The Bertz CT molecular complexity index is 412. The molecule has 1 heterocycles. The maximum atomic E-state index is 11.7. The van der Waals surface area contributed by atoms with Gasteiger partial charge in [-0.1, -0.05) is 6.07 Å². The fourth-order valence-corrected chi connectivity index (χ4v) is 2.02. The van der Waals surface area contributed by atoms with Gasteiger partial charge in [0.15, 0.2) is 0 Å². The number of anilines is 2. The van der Waals surface area contributed by atoms with Gasteiger partial charge in [0, 0.05) is 6.54 Å². The van der Waals surface area contributed by atoms with Crippen molar-refractivity contribution in [3.05, 3.63) is 23.3 Å². The minimum atomic E-state index is 0.152. The normalized spacial score (nSPS) is 14.9. The Morgan fingerprint density at radius 3 is 2.80 bits per heavy atom. The van der Waals surface area contributed by atoms with Crippen molar-refractivity contribution in [3.63, 3.8) is 0 Å². The van der Waals surface area contributed by atoms with E-state index in [4.69, 9.17) is 0 Å². The first-order valence-electron chi connectivity index (χ1n) is 5.29. The van der Waals surface area contributed by atoms with Crippen molar-refractivity contribution in [2.75, 3.05) is 23.3 Å². The average Bonchev–Trinajstić information content (AvgIpc) is 2.24. The van der Waals surface area contributed by atoms with Crippen molar-refractivity contribution in [3.8, 4) is 0 Å². The Morgan fingerprint density at radius 2 is 2.13 bits per heavy atom. The maximum absolute atomic E-state index is 11.7. The van der Waals surface area contributed by atoms with E-state index in [0.29, 0.717) is 6.54 Å². The van der Waals surface area contributed by atoms with E-state index in [1.807, 2.05) is 17.9 Å². The number of benzene rings is 1. The van der Waals surface area contributed by atoms with Crippen molar-refractivity contribution in [2.24, 2.45) is 0 Å². The SMILES string of the molecule is CCN1C(=O)CNc2ccc(C)c(C)c21. The minimum Gasteiger partial charge on any atom is -0.374 e. The highest BCUT2D eigenvalue weighted by atomic mass is 16.2. The highest BCUT2D eigenvalue weighted by molar-refractivity contribution is 6.03. The first-order valence-corrected chi connectivity index (χ1v) is 5.29. The molecular weight excluding hydrogens is 188 g/mol. The van der Waals surface area contributed by atoms with Crippen LogP contribution >= 0.6 is 0 Å². The summed E-state index contributed by atoms with van der Waals surface area (Å²) < 4.78 is 0. The van der Waals surface area contributed by atoms with Gasteiger partial charge in [-0.2, -0.15) is 0 Å². The van der Waals surface area contributed by atoms with Gasteiger partial charge in [0.25, 0.3) is 0 Å². The molecule has 0 unspecified atom stereocenters. The number of nitrogens with one attached hydrogen (secondary N) is 1. The molecule has 0 saturated carbocycles. The average molecular weight is 204 g/mol. The summed E-state index contributed by atoms with van der Waals surface area (Å²) in [6, 6.07) is 4.14. The van der Waals surface area contributed by atoms with Crippen LogP contribution in [0.1, 0.15) is 18.1 Å². The van der Waals surface area contributed by atoms with Gasteiger partial charge >= 0.3 is 0 Å². The molecule has 0 aromatic heterocycles. The second-order valence-electron chi connectivity index (χ2n) is 3.90. The predicted octanol–water partition coefficient (Wildman–Crippen LogP) is 2.08. The molecule has 0 atom stereocenters. The van der Waals surface area contributed by atoms with Gasteiger partial charge < -0.3 is 10.2 Å². The largest absolute Gasteiger partial charge is 0.374 e. The quantitative estimate of drug-likeness (QED) is 0.759. The number of amides is 1. The molecule has 0 radical (unpaired) electrons. The topological polar surface area (TPSA) is 32.3 Å². The number of hydrogen-bond acceptors (Lipinski definition) is 2. The van der Waals surface area contributed by atoms with Crippen LogP contribution in [0.4, 0.5) is 11.4 Å². The number of hydrogen-bond donors (Lipinski definition) is 1. The third-order valence-electron chi connectivity index (χ3n) is 3.02. The van der Waals surface area contributed by atoms with E-state index in [2.05, 4.69) is 25.2 Å². The number of fused-ring (bicyclic) bond motifs is 1. The number of carbonyl (C=O) groups excluding carboxylic acids is 1. The molecular formula is C12H16N2O. The summed E-state index contributed by atoms with van der Waals surface area (Å²) >= 11 is 0. The zero-order chi connectivity index (χ0) is 11.0. The second kappa shape index (κ2) is 3.57. The molecule has 80 valence electrons. The Hall–Kier alpha value is -1.51. The highest BCUT2D eigenvalue weighted by Crippen LogP contribution is 2.34. The summed E-state index contributed by atoms with van der Waals surface area (Å²) in [5.41, 5.74) is 4.53. The lowest BCUT2D eigenvalue weighted by molar-refractivity contribution is -0.117. The van der Waals surface area contributed by atoms with E-state index >= 15 is 0 Å². The summed E-state index contributed by atoms with van der Waals surface area (Å²) in [7, 11) is 0. The van der Waals surface area contributed by atoms with Crippen LogP contribution in [0.25, 0.3) is 0 Å². The van der Waals surface area contributed by atoms with E-state index in [9.17, 15) is 4.79 Å². The monoisotopic (exact) mass is 204 g/mol. The third kappa shape index (κ3) is 1.48. The number of carbonyl (C=O) groups is 1. The van der Waals surface area contributed by atoms with E-state index in [0.717, 1.165) is 17.9 Å². The number of likely N-dealkylation sites (N-methyl/N-ethyl adjacent to an activating group) is 1. The Kier molecular flexibility index (Phi) is 2.39. The molecule has 0 aliphatic carbocycles. The van der Waals surface area contributed by atoms with Crippen molar-refractivity contribution in [2.45, 2.75) is 20.8 Å². The van der Waals surface area contributed by atoms with Gasteiger partial charge in [0.05, 0.1) is 17.9 Å². The van der Waals surface area contributed by atoms with E-state index in [1.54, 1.807) is 0 Å². The van der Waals surface area contributed by atoms with Gasteiger partial charge in [-0.3, -0.25) is 4.79 Å². The van der Waals surface area contributed by atoms with Gasteiger partial charge in [-0.05, 0) is 38.0 Å².